The molecule has 8 heteroatoms. The Morgan fingerprint density at radius 1 is 1.22 bits per heavy atom. The molecule has 2 heterocycles. The van der Waals surface area contributed by atoms with E-state index in [1.54, 1.807) is 48.7 Å². The second-order valence-electron chi connectivity index (χ2n) is 5.93. The molecule has 0 aliphatic carbocycles. The molecule has 1 N–H and O–H groups in total. The van der Waals surface area contributed by atoms with Crippen LogP contribution in [0.3, 0.4) is 0 Å². The van der Waals surface area contributed by atoms with Gasteiger partial charge in [0, 0.05) is 22.3 Å². The minimum atomic E-state index is -3.74. The first-order valence-electron chi connectivity index (χ1n) is 8.19. The maximum absolute atomic E-state index is 13.0. The lowest BCUT2D eigenvalue weighted by atomic mass is 10.2. The molecule has 0 spiro atoms. The number of carboxylic acids is 1. The Bertz CT molecular complexity index is 1110. The summed E-state index contributed by atoms with van der Waals surface area (Å²) in [5, 5.41) is 10.1. The molecule has 3 aromatic rings. The number of aromatic nitrogens is 2. The summed E-state index contributed by atoms with van der Waals surface area (Å²) in [5.74, 6) is -1.23. The van der Waals surface area contributed by atoms with E-state index in [2.05, 4.69) is 4.98 Å². The molecule has 0 bridgehead atoms. The summed E-state index contributed by atoms with van der Waals surface area (Å²) < 4.78 is 27.1. The molecular weight excluding hydrogens is 388 g/mol. The van der Waals surface area contributed by atoms with Crippen molar-refractivity contribution in [2.75, 3.05) is 5.75 Å². The second kappa shape index (κ2) is 7.94. The van der Waals surface area contributed by atoms with Gasteiger partial charge in [0.1, 0.15) is 0 Å². The Kier molecular flexibility index (Phi) is 5.62. The number of benzene rings is 1. The Hall–Kier alpha value is -2.64. The number of aryl methyl sites for hydroxylation is 1. The average Bonchev–Trinajstić information content (AvgIpc) is 2.99. The highest BCUT2D eigenvalue weighted by Crippen LogP contribution is 2.26. The number of nitrogens with zero attached hydrogens (tertiary/aromatic N) is 2. The lowest BCUT2D eigenvalue weighted by Gasteiger charge is -2.10. The zero-order chi connectivity index (χ0) is 19.4. The molecule has 0 saturated heterocycles. The minimum absolute atomic E-state index is 0.102. The third-order valence-electron chi connectivity index (χ3n) is 3.95. The predicted octanol–water partition coefficient (Wildman–Crippen LogP) is 3.60. The molecule has 0 atom stereocenters. The van der Waals surface area contributed by atoms with Crippen LogP contribution in [0.25, 0.3) is 17.0 Å². The van der Waals surface area contributed by atoms with E-state index in [-0.39, 0.29) is 18.6 Å². The van der Waals surface area contributed by atoms with Gasteiger partial charge in [-0.1, -0.05) is 23.7 Å². The molecule has 1 aromatic carbocycles. The van der Waals surface area contributed by atoms with Gasteiger partial charge >= 0.3 is 5.97 Å². The quantitative estimate of drug-likeness (QED) is 0.649. The summed E-state index contributed by atoms with van der Waals surface area (Å²) in [7, 11) is -3.74. The average molecular weight is 405 g/mol. The molecule has 0 aliphatic heterocycles. The highest BCUT2D eigenvalue weighted by atomic mass is 35.5. The summed E-state index contributed by atoms with van der Waals surface area (Å²) in [5.41, 5.74) is 1.55. The van der Waals surface area contributed by atoms with Crippen LogP contribution >= 0.6 is 11.6 Å². The van der Waals surface area contributed by atoms with E-state index < -0.39 is 16.0 Å². The number of hydrogen-bond donors (Lipinski definition) is 1. The zero-order valence-corrected chi connectivity index (χ0v) is 15.8. The highest BCUT2D eigenvalue weighted by Gasteiger charge is 2.20. The van der Waals surface area contributed by atoms with Crippen molar-refractivity contribution in [2.24, 2.45) is 0 Å². The fourth-order valence-electron chi connectivity index (χ4n) is 2.80. The molecule has 0 amide bonds. The second-order valence-corrected chi connectivity index (χ2v) is 8.23. The molecule has 0 unspecified atom stereocenters. The fraction of sp³-hybridized carbons (Fsp3) is 0.158. The third kappa shape index (κ3) is 4.56. The van der Waals surface area contributed by atoms with Crippen LogP contribution in [0.4, 0.5) is 0 Å². The van der Waals surface area contributed by atoms with Gasteiger partial charge < -0.3 is 5.11 Å². The van der Waals surface area contributed by atoms with Crippen LogP contribution in [0.15, 0.2) is 54.7 Å². The van der Waals surface area contributed by atoms with Crippen LogP contribution in [-0.2, 0) is 21.2 Å². The Morgan fingerprint density at radius 3 is 2.74 bits per heavy atom. The van der Waals surface area contributed by atoms with Crippen molar-refractivity contribution < 1.29 is 18.3 Å². The molecule has 27 heavy (non-hydrogen) atoms. The first-order chi connectivity index (χ1) is 12.9. The van der Waals surface area contributed by atoms with E-state index in [1.807, 2.05) is 6.07 Å². The van der Waals surface area contributed by atoms with Gasteiger partial charge in [0.05, 0.1) is 23.4 Å². The summed E-state index contributed by atoms with van der Waals surface area (Å²) in [6, 6.07) is 11.9. The Labute approximate surface area is 161 Å². The van der Waals surface area contributed by atoms with Gasteiger partial charge in [-0.25, -0.2) is 12.4 Å². The lowest BCUT2D eigenvalue weighted by Crippen LogP contribution is -2.18. The first kappa shape index (κ1) is 19.1. The van der Waals surface area contributed by atoms with E-state index in [0.717, 1.165) is 0 Å². The standard InChI is InChI=1S/C19H17ClN2O4S/c20-15-6-8-18-14(12-15)13-17(7-9-19(23)24)22(18)27(25,26)11-3-5-16-4-1-2-10-21-16/h1-6,8,10,12-13H,7,9,11H2,(H,23,24). The van der Waals surface area contributed by atoms with Crippen LogP contribution in [0.1, 0.15) is 17.8 Å². The maximum atomic E-state index is 13.0. The highest BCUT2D eigenvalue weighted by molar-refractivity contribution is 7.90. The topological polar surface area (TPSA) is 89.3 Å². The number of halogens is 1. The third-order valence-corrected chi connectivity index (χ3v) is 5.78. The van der Waals surface area contributed by atoms with Crippen LogP contribution in [0, 0.1) is 0 Å². The number of hydrogen-bond acceptors (Lipinski definition) is 4. The van der Waals surface area contributed by atoms with Crippen molar-refractivity contribution in [3.63, 3.8) is 0 Å². The number of pyridine rings is 1. The van der Waals surface area contributed by atoms with Crippen LogP contribution in [0.5, 0.6) is 0 Å². The Balaban J connectivity index is 1.98. The molecule has 6 nitrogen and oxygen atoms in total. The largest absolute Gasteiger partial charge is 0.481 e. The van der Waals surface area contributed by atoms with Gasteiger partial charge in [-0.3, -0.25) is 9.78 Å². The molecule has 0 fully saturated rings. The van der Waals surface area contributed by atoms with Crippen LogP contribution in [-0.4, -0.2) is 34.2 Å². The van der Waals surface area contributed by atoms with Crippen molar-refractivity contribution in [3.8, 4) is 0 Å². The van der Waals surface area contributed by atoms with Crippen molar-refractivity contribution >= 4 is 44.6 Å². The van der Waals surface area contributed by atoms with Crippen molar-refractivity contribution in [3.05, 3.63) is 71.1 Å². The number of carbonyl (C=O) groups is 1. The number of aliphatic carboxylic acids is 1. The van der Waals surface area contributed by atoms with Gasteiger partial charge in [-0.2, -0.15) is 0 Å². The van der Waals surface area contributed by atoms with Gasteiger partial charge in [-0.15, -0.1) is 0 Å². The van der Waals surface area contributed by atoms with Gasteiger partial charge in [0.25, 0.3) is 0 Å². The maximum Gasteiger partial charge on any atom is 0.303 e. The molecule has 3 rings (SSSR count). The van der Waals surface area contributed by atoms with E-state index in [4.69, 9.17) is 16.7 Å². The smallest absolute Gasteiger partial charge is 0.303 e. The molecule has 2 aromatic heterocycles. The first-order valence-corrected chi connectivity index (χ1v) is 10.2. The van der Waals surface area contributed by atoms with Crippen molar-refractivity contribution in [2.45, 2.75) is 12.8 Å². The Morgan fingerprint density at radius 2 is 2.04 bits per heavy atom. The van der Waals surface area contributed by atoms with E-state index in [1.165, 1.54) is 10.0 Å². The predicted molar refractivity (Wildman–Crippen MR) is 105 cm³/mol. The van der Waals surface area contributed by atoms with E-state index in [0.29, 0.717) is 27.3 Å². The van der Waals surface area contributed by atoms with Crippen LogP contribution < -0.4 is 0 Å². The van der Waals surface area contributed by atoms with Gasteiger partial charge in [-0.05, 0) is 48.9 Å². The van der Waals surface area contributed by atoms with Gasteiger partial charge in [0.15, 0.2) is 0 Å². The lowest BCUT2D eigenvalue weighted by molar-refractivity contribution is -0.136. The fourth-order valence-corrected chi connectivity index (χ4v) is 4.43. The molecule has 0 radical (unpaired) electrons. The summed E-state index contributed by atoms with van der Waals surface area (Å²) >= 11 is 6.00. The van der Waals surface area contributed by atoms with E-state index >= 15 is 0 Å². The summed E-state index contributed by atoms with van der Waals surface area (Å²) in [6.45, 7) is 0. The van der Waals surface area contributed by atoms with Crippen LogP contribution in [0.2, 0.25) is 5.02 Å². The number of rotatable bonds is 7. The van der Waals surface area contributed by atoms with Crippen molar-refractivity contribution in [1.82, 2.24) is 8.96 Å². The molecule has 140 valence electrons. The molecular formula is C19H17ClN2O4S. The molecule has 0 saturated carbocycles. The minimum Gasteiger partial charge on any atom is -0.481 e. The van der Waals surface area contributed by atoms with Gasteiger partial charge in [0.2, 0.25) is 10.0 Å². The van der Waals surface area contributed by atoms with E-state index in [9.17, 15) is 13.2 Å². The monoisotopic (exact) mass is 404 g/mol. The summed E-state index contributed by atoms with van der Waals surface area (Å²) in [4.78, 5) is 15.1. The molecule has 0 aliphatic rings. The number of fused-ring (bicyclic) bond motifs is 1. The zero-order valence-electron chi connectivity index (χ0n) is 14.2. The SMILES string of the molecule is O=C(O)CCc1cc2cc(Cl)ccc2n1S(=O)(=O)CC=Cc1ccccn1. The summed E-state index contributed by atoms with van der Waals surface area (Å²) in [6.07, 6.45) is 4.73. The normalized spacial score (nSPS) is 12.0. The van der Waals surface area contributed by atoms with Crippen molar-refractivity contribution in [1.29, 1.82) is 0 Å². The number of carboxylic acid groups (broad SMARTS) is 1.